The van der Waals surface area contributed by atoms with E-state index in [-0.39, 0.29) is 5.91 Å². The van der Waals surface area contributed by atoms with Gasteiger partial charge in [0.05, 0.1) is 30.1 Å². The largest absolute Gasteiger partial charge is 0.416 e. The van der Waals surface area contributed by atoms with Crippen LogP contribution in [0.25, 0.3) is 10.1 Å². The summed E-state index contributed by atoms with van der Waals surface area (Å²) in [5.41, 5.74) is 3.24. The molecule has 0 saturated carbocycles. The van der Waals surface area contributed by atoms with Gasteiger partial charge in [-0.25, -0.2) is 0 Å². The monoisotopic (exact) mass is 581 g/mol. The number of alkyl halides is 3. The number of thiophene rings is 1. The molecule has 0 aliphatic rings. The van der Waals surface area contributed by atoms with Gasteiger partial charge in [-0.1, -0.05) is 65.7 Å². The van der Waals surface area contributed by atoms with Gasteiger partial charge >= 0.3 is 6.18 Å². The molecule has 218 valence electrons. The second-order valence-electron chi connectivity index (χ2n) is 11.1. The Morgan fingerprint density at radius 2 is 1.54 bits per heavy atom. The summed E-state index contributed by atoms with van der Waals surface area (Å²) >= 11 is 1.52. The van der Waals surface area contributed by atoms with Crippen LogP contribution in [0.1, 0.15) is 64.2 Å². The minimum absolute atomic E-state index is 0.0243. The second-order valence-corrected chi connectivity index (χ2v) is 12.2. The van der Waals surface area contributed by atoms with Crippen molar-refractivity contribution in [2.45, 2.75) is 59.8 Å². The molecule has 1 aromatic heterocycles. The molecule has 7 heteroatoms. The first-order valence-electron chi connectivity index (χ1n) is 14.4. The van der Waals surface area contributed by atoms with E-state index in [1.54, 1.807) is 12.1 Å². The number of benzene rings is 3. The predicted molar refractivity (Wildman–Crippen MR) is 163 cm³/mol. The third-order valence-electron chi connectivity index (χ3n) is 8.06. The van der Waals surface area contributed by atoms with Gasteiger partial charge in [0.25, 0.3) is 5.91 Å². The summed E-state index contributed by atoms with van der Waals surface area (Å²) in [6.45, 7) is 11.9. The van der Waals surface area contributed by atoms with E-state index in [9.17, 15) is 18.0 Å². The molecule has 1 amide bonds. The molecule has 4 aromatic rings. The van der Waals surface area contributed by atoms with Gasteiger partial charge in [-0.15, -0.1) is 11.3 Å². The number of hydrogen-bond acceptors (Lipinski definition) is 2. The standard InChI is InChI=1S/C34H40F3N2OS/c1-5-39(6-2,24-29-14-7-9-15-30(29)34(35,36)37)18-12-11-17-38(23-27-20-25(3)19-26(4)21-27)33(40)32-22-28-13-8-10-16-31(28)41-32/h7-10,13-16,19-22H,5-6,11-12,17-18,23-24H2,1-4H3/q+1. The maximum Gasteiger partial charge on any atom is 0.416 e. The number of carbonyl (C=O) groups excluding carboxylic acids is 1. The lowest BCUT2D eigenvalue weighted by Crippen LogP contribution is -2.48. The maximum atomic E-state index is 13.8. The van der Waals surface area contributed by atoms with Crippen LogP contribution in [0.4, 0.5) is 13.2 Å². The lowest BCUT2D eigenvalue weighted by Gasteiger charge is -2.38. The van der Waals surface area contributed by atoms with Crippen molar-refractivity contribution in [3.8, 4) is 0 Å². The van der Waals surface area contributed by atoms with Gasteiger partial charge in [0.15, 0.2) is 0 Å². The zero-order valence-electron chi connectivity index (χ0n) is 24.4. The van der Waals surface area contributed by atoms with Gasteiger partial charge in [0.2, 0.25) is 0 Å². The molecule has 0 aliphatic carbocycles. The molecule has 0 aliphatic heterocycles. The quantitative estimate of drug-likeness (QED) is 0.121. The number of quaternary nitrogens is 1. The summed E-state index contributed by atoms with van der Waals surface area (Å²) in [7, 11) is 0. The van der Waals surface area contributed by atoms with Crippen LogP contribution in [-0.4, -0.2) is 41.5 Å². The summed E-state index contributed by atoms with van der Waals surface area (Å²) in [6, 6.07) is 22.3. The number of rotatable bonds is 12. The van der Waals surface area contributed by atoms with Gasteiger partial charge < -0.3 is 9.38 Å². The van der Waals surface area contributed by atoms with E-state index in [0.717, 1.165) is 53.0 Å². The SMILES string of the molecule is CC[N+](CC)(CCCCN(Cc1cc(C)cc(C)c1)C(=O)c1cc2ccccc2s1)Cc1ccccc1C(F)(F)F. The highest BCUT2D eigenvalue weighted by molar-refractivity contribution is 7.20. The van der Waals surface area contributed by atoms with E-state index in [0.29, 0.717) is 29.7 Å². The molecule has 0 radical (unpaired) electrons. The molecule has 0 fully saturated rings. The molecule has 0 N–H and O–H groups in total. The Morgan fingerprint density at radius 1 is 0.878 bits per heavy atom. The van der Waals surface area contributed by atoms with E-state index < -0.39 is 11.7 Å². The van der Waals surface area contributed by atoms with Gasteiger partial charge in [0, 0.05) is 23.4 Å². The fourth-order valence-corrected chi connectivity index (χ4v) is 6.80. The number of hydrogen-bond donors (Lipinski definition) is 0. The Labute approximate surface area is 245 Å². The Bertz CT molecular complexity index is 1420. The van der Waals surface area contributed by atoms with Crippen LogP contribution >= 0.6 is 11.3 Å². The van der Waals surface area contributed by atoms with Crippen LogP contribution in [-0.2, 0) is 19.3 Å². The highest BCUT2D eigenvalue weighted by Crippen LogP contribution is 2.33. The molecule has 0 atom stereocenters. The van der Waals surface area contributed by atoms with Gasteiger partial charge in [-0.05, 0) is 69.7 Å². The van der Waals surface area contributed by atoms with Crippen molar-refractivity contribution in [1.29, 1.82) is 0 Å². The number of halogens is 3. The third kappa shape index (κ3) is 7.77. The molecule has 0 unspecified atom stereocenters. The number of unbranched alkanes of at least 4 members (excludes halogenated alkanes) is 1. The van der Waals surface area contributed by atoms with Crippen LogP contribution < -0.4 is 0 Å². The number of amides is 1. The van der Waals surface area contributed by atoms with Crippen molar-refractivity contribution in [3.63, 3.8) is 0 Å². The van der Waals surface area contributed by atoms with Crippen molar-refractivity contribution in [1.82, 2.24) is 4.90 Å². The molecule has 1 heterocycles. The molecule has 3 nitrogen and oxygen atoms in total. The van der Waals surface area contributed by atoms with Crippen molar-refractivity contribution in [2.24, 2.45) is 0 Å². The average molecular weight is 582 g/mol. The minimum Gasteiger partial charge on any atom is -0.334 e. The molecular formula is C34H40F3N2OS+. The first kappa shape index (κ1) is 30.8. The third-order valence-corrected chi connectivity index (χ3v) is 9.16. The first-order chi connectivity index (χ1) is 19.5. The van der Waals surface area contributed by atoms with Crippen molar-refractivity contribution in [2.75, 3.05) is 26.2 Å². The summed E-state index contributed by atoms with van der Waals surface area (Å²) in [6.07, 6.45) is -2.77. The summed E-state index contributed by atoms with van der Waals surface area (Å²) in [4.78, 5) is 16.5. The average Bonchev–Trinajstić information content (AvgIpc) is 3.37. The van der Waals surface area contributed by atoms with Crippen molar-refractivity contribution >= 4 is 27.3 Å². The normalized spacial score (nSPS) is 12.2. The number of nitrogens with zero attached hydrogens (tertiary/aromatic N) is 2. The Balaban J connectivity index is 1.49. The van der Waals surface area contributed by atoms with Gasteiger partial charge in [0.1, 0.15) is 6.54 Å². The lowest BCUT2D eigenvalue weighted by atomic mass is 10.0. The Morgan fingerprint density at radius 3 is 2.20 bits per heavy atom. The van der Waals surface area contributed by atoms with Crippen LogP contribution in [0, 0.1) is 13.8 Å². The molecule has 0 spiro atoms. The molecular weight excluding hydrogens is 541 g/mol. The van der Waals surface area contributed by atoms with E-state index >= 15 is 0 Å². The fourth-order valence-electron chi connectivity index (χ4n) is 5.76. The van der Waals surface area contributed by atoms with E-state index in [4.69, 9.17) is 0 Å². The topological polar surface area (TPSA) is 20.3 Å². The second kappa shape index (κ2) is 13.2. The lowest BCUT2D eigenvalue weighted by molar-refractivity contribution is -0.938. The van der Waals surface area contributed by atoms with Crippen LogP contribution in [0.3, 0.4) is 0 Å². The number of carbonyl (C=O) groups is 1. The molecule has 3 aromatic carbocycles. The summed E-state index contributed by atoms with van der Waals surface area (Å²) < 4.78 is 42.8. The fraction of sp³-hybridized carbons (Fsp3) is 0.382. The highest BCUT2D eigenvalue weighted by Gasteiger charge is 2.35. The zero-order chi connectivity index (χ0) is 29.6. The van der Waals surface area contributed by atoms with Crippen LogP contribution in [0.2, 0.25) is 0 Å². The Kier molecular flexibility index (Phi) is 9.92. The predicted octanol–water partition coefficient (Wildman–Crippen LogP) is 9.02. The summed E-state index contributed by atoms with van der Waals surface area (Å²) in [5, 5.41) is 1.07. The zero-order valence-corrected chi connectivity index (χ0v) is 25.2. The molecule has 41 heavy (non-hydrogen) atoms. The molecule has 4 rings (SSSR count). The van der Waals surface area contributed by atoms with Crippen molar-refractivity contribution < 1.29 is 22.4 Å². The van der Waals surface area contributed by atoms with E-state index in [1.807, 2.05) is 35.2 Å². The van der Waals surface area contributed by atoms with Gasteiger partial charge in [-0.2, -0.15) is 13.2 Å². The van der Waals surface area contributed by atoms with E-state index in [2.05, 4.69) is 45.9 Å². The Hall–Kier alpha value is -3.16. The van der Waals surface area contributed by atoms with Crippen LogP contribution in [0.15, 0.2) is 72.8 Å². The smallest absolute Gasteiger partial charge is 0.334 e. The maximum absolute atomic E-state index is 13.8. The molecule has 0 saturated heterocycles. The molecule has 0 bridgehead atoms. The van der Waals surface area contributed by atoms with Crippen molar-refractivity contribution in [3.05, 3.63) is 105 Å². The first-order valence-corrected chi connectivity index (χ1v) is 15.2. The summed E-state index contributed by atoms with van der Waals surface area (Å²) in [5.74, 6) is 0.0243. The van der Waals surface area contributed by atoms with Crippen LogP contribution in [0.5, 0.6) is 0 Å². The van der Waals surface area contributed by atoms with E-state index in [1.165, 1.54) is 34.6 Å². The number of fused-ring (bicyclic) bond motifs is 1. The highest BCUT2D eigenvalue weighted by atomic mass is 32.1. The number of aryl methyl sites for hydroxylation is 2. The minimum atomic E-state index is -4.37. The van der Waals surface area contributed by atoms with Gasteiger partial charge in [-0.3, -0.25) is 4.79 Å².